The highest BCUT2D eigenvalue weighted by Crippen LogP contribution is 2.29. The minimum atomic E-state index is 0.127. The van der Waals surface area contributed by atoms with Crippen LogP contribution in [0.4, 0.5) is 0 Å². The van der Waals surface area contributed by atoms with Crippen LogP contribution in [0.15, 0.2) is 12.1 Å². The molecule has 1 N–H and O–H groups in total. The molecule has 0 aromatic carbocycles. The minimum absolute atomic E-state index is 0.127. The van der Waals surface area contributed by atoms with E-state index in [1.165, 1.54) is 31.2 Å². The third kappa shape index (κ3) is 5.12. The van der Waals surface area contributed by atoms with Crippen molar-refractivity contribution in [3.05, 3.63) is 23.4 Å². The first-order chi connectivity index (χ1) is 9.42. The molecule has 1 fully saturated rings. The van der Waals surface area contributed by atoms with E-state index in [0.717, 1.165) is 30.6 Å². The summed E-state index contributed by atoms with van der Waals surface area (Å²) in [5.41, 5.74) is 2.39. The molecule has 3 heteroatoms. The molecular formula is C17H28N2O. The molecule has 0 amide bonds. The second-order valence-corrected chi connectivity index (χ2v) is 6.99. The molecule has 2 rings (SSSR count). The smallest absolute Gasteiger partial charge is 0.213 e. The van der Waals surface area contributed by atoms with Crippen LogP contribution in [-0.4, -0.2) is 17.1 Å². The van der Waals surface area contributed by atoms with Gasteiger partial charge in [0.2, 0.25) is 5.88 Å². The van der Waals surface area contributed by atoms with E-state index in [1.807, 2.05) is 6.92 Å². The molecule has 1 aliphatic rings. The molecule has 0 spiro atoms. The highest BCUT2D eigenvalue weighted by Gasteiger charge is 2.17. The van der Waals surface area contributed by atoms with Gasteiger partial charge in [-0.25, -0.2) is 4.98 Å². The van der Waals surface area contributed by atoms with Crippen LogP contribution in [0.5, 0.6) is 5.88 Å². The molecule has 1 aromatic heterocycles. The molecule has 0 bridgehead atoms. The molecule has 0 aliphatic heterocycles. The average Bonchev–Trinajstić information content (AvgIpc) is 2.28. The van der Waals surface area contributed by atoms with Crippen LogP contribution in [0.3, 0.4) is 0 Å². The fraction of sp³-hybridized carbons (Fsp3) is 0.706. The quantitative estimate of drug-likeness (QED) is 0.857. The molecule has 1 aliphatic carbocycles. The first-order valence-electron chi connectivity index (χ1n) is 7.78. The van der Waals surface area contributed by atoms with Crippen molar-refractivity contribution in [1.82, 2.24) is 10.3 Å². The highest BCUT2D eigenvalue weighted by atomic mass is 16.5. The van der Waals surface area contributed by atoms with Crippen molar-refractivity contribution in [2.24, 2.45) is 5.92 Å². The van der Waals surface area contributed by atoms with Gasteiger partial charge in [0.15, 0.2) is 0 Å². The van der Waals surface area contributed by atoms with Crippen LogP contribution in [0.25, 0.3) is 0 Å². The third-order valence-corrected chi connectivity index (χ3v) is 3.81. The standard InChI is InChI=1S/C17H28N2O/c1-13-10-15(12-18-17(2,3)4)11-16(19-13)20-9-8-14-6-5-7-14/h10-11,14,18H,5-9,12H2,1-4H3. The average molecular weight is 276 g/mol. The summed E-state index contributed by atoms with van der Waals surface area (Å²) in [6.07, 6.45) is 5.33. The van der Waals surface area contributed by atoms with Gasteiger partial charge in [-0.3, -0.25) is 0 Å². The van der Waals surface area contributed by atoms with Gasteiger partial charge in [-0.2, -0.15) is 0 Å². The van der Waals surface area contributed by atoms with E-state index in [0.29, 0.717) is 0 Å². The predicted molar refractivity (Wildman–Crippen MR) is 83.0 cm³/mol. The Hall–Kier alpha value is -1.09. The maximum Gasteiger partial charge on any atom is 0.213 e. The van der Waals surface area contributed by atoms with Gasteiger partial charge in [-0.15, -0.1) is 0 Å². The monoisotopic (exact) mass is 276 g/mol. The van der Waals surface area contributed by atoms with Gasteiger partial charge in [-0.05, 0) is 51.7 Å². The Bertz CT molecular complexity index is 433. The largest absolute Gasteiger partial charge is 0.478 e. The molecule has 1 saturated carbocycles. The Morgan fingerprint density at radius 2 is 2.05 bits per heavy atom. The van der Waals surface area contributed by atoms with Crippen LogP contribution < -0.4 is 10.1 Å². The van der Waals surface area contributed by atoms with Crippen LogP contribution >= 0.6 is 0 Å². The molecule has 1 aromatic rings. The number of nitrogens with one attached hydrogen (secondary N) is 1. The summed E-state index contributed by atoms with van der Waals surface area (Å²) in [7, 11) is 0. The molecule has 0 radical (unpaired) electrons. The maximum atomic E-state index is 5.83. The second kappa shape index (κ2) is 6.57. The molecule has 3 nitrogen and oxygen atoms in total. The second-order valence-electron chi connectivity index (χ2n) is 6.99. The van der Waals surface area contributed by atoms with E-state index in [2.05, 4.69) is 43.2 Å². The first-order valence-corrected chi connectivity index (χ1v) is 7.78. The van der Waals surface area contributed by atoms with Crippen molar-refractivity contribution in [3.8, 4) is 5.88 Å². The maximum absolute atomic E-state index is 5.83. The van der Waals surface area contributed by atoms with Gasteiger partial charge in [0.05, 0.1) is 6.61 Å². The van der Waals surface area contributed by atoms with Gasteiger partial charge in [0, 0.05) is 23.8 Å². The van der Waals surface area contributed by atoms with E-state index in [4.69, 9.17) is 4.74 Å². The fourth-order valence-electron chi connectivity index (χ4n) is 2.36. The minimum Gasteiger partial charge on any atom is -0.478 e. The van der Waals surface area contributed by atoms with Crippen LogP contribution in [0.2, 0.25) is 0 Å². The topological polar surface area (TPSA) is 34.1 Å². The number of aryl methyl sites for hydroxylation is 1. The molecule has 0 unspecified atom stereocenters. The molecular weight excluding hydrogens is 248 g/mol. The van der Waals surface area contributed by atoms with Crippen LogP contribution in [0, 0.1) is 12.8 Å². The summed E-state index contributed by atoms with van der Waals surface area (Å²) in [5, 5.41) is 3.50. The number of pyridine rings is 1. The summed E-state index contributed by atoms with van der Waals surface area (Å²) in [6.45, 7) is 10.2. The lowest BCUT2D eigenvalue weighted by Gasteiger charge is -2.25. The first kappa shape index (κ1) is 15.3. The Kier molecular flexibility index (Phi) is 5.03. The van der Waals surface area contributed by atoms with Gasteiger partial charge >= 0.3 is 0 Å². The van der Waals surface area contributed by atoms with Gasteiger partial charge in [0.1, 0.15) is 0 Å². The number of hydrogen-bond acceptors (Lipinski definition) is 3. The summed E-state index contributed by atoms with van der Waals surface area (Å²) < 4.78 is 5.83. The number of ether oxygens (including phenoxy) is 1. The SMILES string of the molecule is Cc1cc(CNC(C)(C)C)cc(OCCC2CCC2)n1. The summed E-state index contributed by atoms with van der Waals surface area (Å²) >= 11 is 0. The number of aromatic nitrogens is 1. The zero-order valence-electron chi connectivity index (χ0n) is 13.3. The Morgan fingerprint density at radius 3 is 2.65 bits per heavy atom. The summed E-state index contributed by atoms with van der Waals surface area (Å²) in [4.78, 5) is 4.47. The molecule has 112 valence electrons. The molecule has 0 atom stereocenters. The normalized spacial score (nSPS) is 16.0. The summed E-state index contributed by atoms with van der Waals surface area (Å²) in [6, 6.07) is 4.18. The van der Waals surface area contributed by atoms with Gasteiger partial charge < -0.3 is 10.1 Å². The van der Waals surface area contributed by atoms with Crippen molar-refractivity contribution in [2.75, 3.05) is 6.61 Å². The van der Waals surface area contributed by atoms with E-state index in [9.17, 15) is 0 Å². The fourth-order valence-corrected chi connectivity index (χ4v) is 2.36. The van der Waals surface area contributed by atoms with Crippen molar-refractivity contribution in [2.45, 2.75) is 65.5 Å². The van der Waals surface area contributed by atoms with Crippen molar-refractivity contribution in [1.29, 1.82) is 0 Å². The van der Waals surface area contributed by atoms with E-state index >= 15 is 0 Å². The predicted octanol–water partition coefficient (Wildman–Crippen LogP) is 3.85. The van der Waals surface area contributed by atoms with Crippen molar-refractivity contribution < 1.29 is 4.74 Å². The lowest BCUT2D eigenvalue weighted by atomic mass is 9.83. The van der Waals surface area contributed by atoms with E-state index in [-0.39, 0.29) is 5.54 Å². The number of rotatable bonds is 6. The zero-order chi connectivity index (χ0) is 14.6. The molecule has 20 heavy (non-hydrogen) atoms. The lowest BCUT2D eigenvalue weighted by molar-refractivity contribution is 0.217. The van der Waals surface area contributed by atoms with Crippen molar-refractivity contribution >= 4 is 0 Å². The van der Waals surface area contributed by atoms with Crippen LogP contribution in [0.1, 0.15) is 57.7 Å². The van der Waals surface area contributed by atoms with E-state index < -0.39 is 0 Å². The number of nitrogens with zero attached hydrogens (tertiary/aromatic N) is 1. The Labute approximate surface area is 123 Å². The number of hydrogen-bond donors (Lipinski definition) is 1. The summed E-state index contributed by atoms with van der Waals surface area (Å²) in [5.74, 6) is 1.66. The molecule has 1 heterocycles. The Balaban J connectivity index is 1.86. The van der Waals surface area contributed by atoms with E-state index in [1.54, 1.807) is 0 Å². The third-order valence-electron chi connectivity index (χ3n) is 3.81. The zero-order valence-corrected chi connectivity index (χ0v) is 13.3. The van der Waals surface area contributed by atoms with Crippen LogP contribution in [-0.2, 0) is 6.54 Å². The molecule has 0 saturated heterocycles. The Morgan fingerprint density at radius 1 is 1.30 bits per heavy atom. The van der Waals surface area contributed by atoms with Gasteiger partial charge in [-0.1, -0.05) is 19.3 Å². The van der Waals surface area contributed by atoms with Gasteiger partial charge in [0.25, 0.3) is 0 Å². The lowest BCUT2D eigenvalue weighted by Crippen LogP contribution is -2.35. The van der Waals surface area contributed by atoms with Crippen molar-refractivity contribution in [3.63, 3.8) is 0 Å². The highest BCUT2D eigenvalue weighted by molar-refractivity contribution is 5.24.